The van der Waals surface area contributed by atoms with E-state index in [2.05, 4.69) is 9.55 Å². The Hall–Kier alpha value is -3.08. The molecule has 0 N–H and O–H groups in total. The predicted octanol–water partition coefficient (Wildman–Crippen LogP) is 3.78. The fraction of sp³-hybridized carbons (Fsp3) is 0.238. The minimum atomic E-state index is -0.331. The second-order valence-electron chi connectivity index (χ2n) is 5.99. The summed E-state index contributed by atoms with van der Waals surface area (Å²) in [5.41, 5.74) is 3.41. The van der Waals surface area contributed by atoms with Gasteiger partial charge in [0.1, 0.15) is 19.0 Å². The first-order valence-corrected chi connectivity index (χ1v) is 8.57. The molecular weight excluding hydrogens is 328 g/mol. The molecule has 134 valence electrons. The van der Waals surface area contributed by atoms with Crippen LogP contribution in [0.4, 0.5) is 0 Å². The van der Waals surface area contributed by atoms with Gasteiger partial charge in [-0.15, -0.1) is 0 Å². The monoisotopic (exact) mass is 350 g/mol. The summed E-state index contributed by atoms with van der Waals surface area (Å²) >= 11 is 0. The van der Waals surface area contributed by atoms with Gasteiger partial charge in [0.15, 0.2) is 0 Å². The molecule has 0 aliphatic rings. The number of rotatable bonds is 7. The maximum atomic E-state index is 12.4. The molecule has 5 nitrogen and oxygen atoms in total. The minimum absolute atomic E-state index is 0.206. The van der Waals surface area contributed by atoms with Gasteiger partial charge in [-0.3, -0.25) is 4.98 Å². The molecule has 0 bridgehead atoms. The number of nitrogens with zero attached hydrogens (tertiary/aromatic N) is 2. The molecule has 3 aromatic rings. The first kappa shape index (κ1) is 17.7. The molecule has 0 fully saturated rings. The summed E-state index contributed by atoms with van der Waals surface area (Å²) in [6, 6.07) is 17.1. The van der Waals surface area contributed by atoms with E-state index in [0.29, 0.717) is 18.7 Å². The molecular formula is C21H22N2O3. The zero-order chi connectivity index (χ0) is 18.4. The second-order valence-corrected chi connectivity index (χ2v) is 5.99. The van der Waals surface area contributed by atoms with E-state index in [1.54, 1.807) is 6.20 Å². The van der Waals surface area contributed by atoms with Crippen molar-refractivity contribution < 1.29 is 14.3 Å². The Morgan fingerprint density at radius 2 is 1.81 bits per heavy atom. The quantitative estimate of drug-likeness (QED) is 0.481. The molecule has 5 heteroatoms. The summed E-state index contributed by atoms with van der Waals surface area (Å²) in [5, 5.41) is 0. The van der Waals surface area contributed by atoms with Crippen molar-refractivity contribution in [2.75, 3.05) is 13.2 Å². The van der Waals surface area contributed by atoms with Crippen molar-refractivity contribution in [3.05, 3.63) is 83.4 Å². The molecule has 0 aliphatic heterocycles. The normalized spacial score (nSPS) is 10.5. The average molecular weight is 350 g/mol. The summed E-state index contributed by atoms with van der Waals surface area (Å²) in [5.74, 6) is 0.430. The number of benzene rings is 1. The SMILES string of the molecule is Cc1cc(C(=O)OCCOc2ccccc2)c(C)n1Cc1ccccn1. The van der Waals surface area contributed by atoms with Crippen LogP contribution in [-0.4, -0.2) is 28.7 Å². The third-order valence-corrected chi connectivity index (χ3v) is 4.17. The number of aromatic nitrogens is 2. The highest BCUT2D eigenvalue weighted by molar-refractivity contribution is 5.91. The van der Waals surface area contributed by atoms with E-state index in [-0.39, 0.29) is 12.6 Å². The van der Waals surface area contributed by atoms with Gasteiger partial charge in [0.05, 0.1) is 17.8 Å². The molecule has 0 radical (unpaired) electrons. The Balaban J connectivity index is 1.58. The highest BCUT2D eigenvalue weighted by atomic mass is 16.6. The van der Waals surface area contributed by atoms with Crippen molar-refractivity contribution in [1.29, 1.82) is 0 Å². The highest BCUT2D eigenvalue weighted by Crippen LogP contribution is 2.17. The van der Waals surface area contributed by atoms with Gasteiger partial charge >= 0.3 is 5.97 Å². The molecule has 0 unspecified atom stereocenters. The number of carbonyl (C=O) groups excluding carboxylic acids is 1. The van der Waals surface area contributed by atoms with Gasteiger partial charge in [-0.05, 0) is 44.2 Å². The number of hydrogen-bond acceptors (Lipinski definition) is 4. The third-order valence-electron chi connectivity index (χ3n) is 4.17. The lowest BCUT2D eigenvalue weighted by atomic mass is 10.2. The van der Waals surface area contributed by atoms with Crippen LogP contribution >= 0.6 is 0 Å². The van der Waals surface area contributed by atoms with Gasteiger partial charge in [-0.1, -0.05) is 24.3 Å². The summed E-state index contributed by atoms with van der Waals surface area (Å²) in [7, 11) is 0. The van der Waals surface area contributed by atoms with Crippen molar-refractivity contribution >= 4 is 5.97 Å². The molecule has 1 aromatic carbocycles. The van der Waals surface area contributed by atoms with E-state index < -0.39 is 0 Å². The van der Waals surface area contributed by atoms with Crippen molar-refractivity contribution in [2.24, 2.45) is 0 Å². The second kappa shape index (κ2) is 8.34. The van der Waals surface area contributed by atoms with Crippen LogP contribution in [-0.2, 0) is 11.3 Å². The first-order chi connectivity index (χ1) is 12.6. The maximum absolute atomic E-state index is 12.4. The molecule has 0 aliphatic carbocycles. The van der Waals surface area contributed by atoms with E-state index in [1.165, 1.54) is 0 Å². The molecule has 2 aromatic heterocycles. The summed E-state index contributed by atoms with van der Waals surface area (Å²) in [6.45, 7) is 5.06. The number of para-hydroxylation sites is 1. The number of ether oxygens (including phenoxy) is 2. The largest absolute Gasteiger partial charge is 0.490 e. The smallest absolute Gasteiger partial charge is 0.340 e. The first-order valence-electron chi connectivity index (χ1n) is 8.57. The van der Waals surface area contributed by atoms with Gasteiger partial charge in [0.25, 0.3) is 0 Å². The van der Waals surface area contributed by atoms with E-state index in [1.807, 2.05) is 68.4 Å². The summed E-state index contributed by atoms with van der Waals surface area (Å²) in [6.07, 6.45) is 1.77. The van der Waals surface area contributed by atoms with E-state index >= 15 is 0 Å². The van der Waals surface area contributed by atoms with Crippen LogP contribution < -0.4 is 4.74 Å². The number of esters is 1. The maximum Gasteiger partial charge on any atom is 0.340 e. The number of aryl methyl sites for hydroxylation is 1. The van der Waals surface area contributed by atoms with Gasteiger partial charge < -0.3 is 14.0 Å². The Labute approximate surface area is 153 Å². The van der Waals surface area contributed by atoms with Gasteiger partial charge in [0.2, 0.25) is 0 Å². The summed E-state index contributed by atoms with van der Waals surface area (Å²) < 4.78 is 13.0. The minimum Gasteiger partial charge on any atom is -0.490 e. The number of carbonyl (C=O) groups is 1. The fourth-order valence-corrected chi connectivity index (χ4v) is 2.79. The molecule has 0 atom stereocenters. The Morgan fingerprint density at radius 3 is 2.54 bits per heavy atom. The van der Waals surface area contributed by atoms with Gasteiger partial charge in [0, 0.05) is 17.6 Å². The molecule has 3 rings (SSSR count). The molecule has 2 heterocycles. The topological polar surface area (TPSA) is 53.4 Å². The van der Waals surface area contributed by atoms with Crippen molar-refractivity contribution in [3.63, 3.8) is 0 Å². The van der Waals surface area contributed by atoms with E-state index in [9.17, 15) is 4.79 Å². The van der Waals surface area contributed by atoms with Crippen LogP contribution in [0, 0.1) is 13.8 Å². The molecule has 26 heavy (non-hydrogen) atoms. The van der Waals surface area contributed by atoms with Crippen LogP contribution in [0.2, 0.25) is 0 Å². The van der Waals surface area contributed by atoms with Gasteiger partial charge in [-0.2, -0.15) is 0 Å². The lowest BCUT2D eigenvalue weighted by Gasteiger charge is -2.10. The number of hydrogen-bond donors (Lipinski definition) is 0. The summed E-state index contributed by atoms with van der Waals surface area (Å²) in [4.78, 5) is 16.7. The Bertz CT molecular complexity index is 858. The van der Waals surface area contributed by atoms with Crippen molar-refractivity contribution in [2.45, 2.75) is 20.4 Å². The van der Waals surface area contributed by atoms with Crippen LogP contribution in [0.25, 0.3) is 0 Å². The van der Waals surface area contributed by atoms with Gasteiger partial charge in [-0.25, -0.2) is 4.79 Å². The Morgan fingerprint density at radius 1 is 1.04 bits per heavy atom. The van der Waals surface area contributed by atoms with Crippen LogP contribution in [0.1, 0.15) is 27.4 Å². The fourth-order valence-electron chi connectivity index (χ4n) is 2.79. The molecule has 0 spiro atoms. The van der Waals surface area contributed by atoms with Crippen molar-refractivity contribution in [3.8, 4) is 5.75 Å². The average Bonchev–Trinajstić information content (AvgIpc) is 2.95. The standard InChI is InChI=1S/C21H22N2O3/c1-16-14-20(17(2)23(16)15-18-8-6-7-11-22-18)21(24)26-13-12-25-19-9-4-3-5-10-19/h3-11,14H,12-13,15H2,1-2H3. The molecule has 0 saturated heterocycles. The highest BCUT2D eigenvalue weighted by Gasteiger charge is 2.17. The van der Waals surface area contributed by atoms with Crippen LogP contribution in [0.15, 0.2) is 60.8 Å². The van der Waals surface area contributed by atoms with Crippen LogP contribution in [0.5, 0.6) is 5.75 Å². The lowest BCUT2D eigenvalue weighted by molar-refractivity contribution is 0.0449. The zero-order valence-corrected chi connectivity index (χ0v) is 15.0. The van der Waals surface area contributed by atoms with E-state index in [4.69, 9.17) is 9.47 Å². The molecule has 0 amide bonds. The lowest BCUT2D eigenvalue weighted by Crippen LogP contribution is -2.13. The zero-order valence-electron chi connectivity index (χ0n) is 15.0. The number of pyridine rings is 1. The molecule has 0 saturated carbocycles. The third kappa shape index (κ3) is 4.30. The van der Waals surface area contributed by atoms with Crippen LogP contribution in [0.3, 0.4) is 0 Å². The van der Waals surface area contributed by atoms with E-state index in [0.717, 1.165) is 22.8 Å². The Kier molecular flexibility index (Phi) is 5.69. The van der Waals surface area contributed by atoms with Crippen molar-refractivity contribution in [1.82, 2.24) is 9.55 Å². The predicted molar refractivity (Wildman–Crippen MR) is 99.5 cm³/mol.